The van der Waals surface area contributed by atoms with Crippen LogP contribution in [-0.4, -0.2) is 45.0 Å². The Morgan fingerprint density at radius 1 is 1.38 bits per heavy atom. The van der Waals surface area contributed by atoms with Gasteiger partial charge in [-0.2, -0.15) is 4.98 Å². The predicted molar refractivity (Wildman–Crippen MR) is 101 cm³/mol. The monoisotopic (exact) mass is 401 g/mol. The second-order valence-corrected chi connectivity index (χ2v) is 8.39. The zero-order valence-corrected chi connectivity index (χ0v) is 16.8. The molecule has 1 N–H and O–H groups in total. The van der Waals surface area contributed by atoms with Crippen LogP contribution in [0.2, 0.25) is 0 Å². The number of carbonyl (C=O) groups is 1. The van der Waals surface area contributed by atoms with E-state index in [9.17, 15) is 10.0 Å². The molecule has 0 unspecified atom stereocenters. The number of aromatic nitrogens is 3. The van der Waals surface area contributed by atoms with Gasteiger partial charge in [0.1, 0.15) is 11.2 Å². The van der Waals surface area contributed by atoms with Gasteiger partial charge in [0, 0.05) is 30.3 Å². The topological polar surface area (TPSA) is 106 Å². The Hall–Kier alpha value is -3.10. The fourth-order valence-electron chi connectivity index (χ4n) is 3.43. The number of likely N-dealkylation sites (tertiary alicyclic amines) is 1. The lowest BCUT2D eigenvalue weighted by molar-refractivity contribution is -0.904. The number of rotatable bonds is 3. The van der Waals surface area contributed by atoms with Gasteiger partial charge in [-0.25, -0.2) is 4.79 Å². The molecule has 0 aliphatic carbocycles. The quantitative estimate of drug-likeness (QED) is 0.531. The molecule has 1 fully saturated rings. The van der Waals surface area contributed by atoms with Crippen molar-refractivity contribution in [1.82, 2.24) is 15.0 Å². The van der Waals surface area contributed by atoms with Crippen LogP contribution >= 0.6 is 0 Å². The molecule has 4 heterocycles. The summed E-state index contributed by atoms with van der Waals surface area (Å²) in [6, 6.07) is 3.41. The molecule has 1 saturated heterocycles. The molecule has 1 aliphatic heterocycles. The zero-order chi connectivity index (χ0) is 20.6. The van der Waals surface area contributed by atoms with Crippen molar-refractivity contribution >= 4 is 17.1 Å². The van der Waals surface area contributed by atoms with Gasteiger partial charge in [-0.3, -0.25) is 5.21 Å². The summed E-state index contributed by atoms with van der Waals surface area (Å²) >= 11 is 0. The molecule has 0 bridgehead atoms. The first kappa shape index (κ1) is 19.2. The zero-order valence-electron chi connectivity index (χ0n) is 16.8. The smallest absolute Gasteiger partial charge is 0.410 e. The van der Waals surface area contributed by atoms with Crippen molar-refractivity contribution in [1.29, 1.82) is 0 Å². The standard InChI is InChI=1S/C20H25N4O5/c1-20(2,3)28-19(25)23-7-4-13(5-8-23)10-17-21-18(29-22-17)16-11-14-12-24(26)9-6-15(14)27-16/h6,9,11-13,26H,4-5,7-8,10H2,1-3H3/q+1. The average molecular weight is 401 g/mol. The number of furan rings is 1. The van der Waals surface area contributed by atoms with Crippen LogP contribution in [0.15, 0.2) is 33.5 Å². The van der Waals surface area contributed by atoms with Crippen LogP contribution < -0.4 is 4.73 Å². The Balaban J connectivity index is 1.35. The van der Waals surface area contributed by atoms with Crippen molar-refractivity contribution in [2.24, 2.45) is 5.92 Å². The van der Waals surface area contributed by atoms with Crippen LogP contribution in [0.3, 0.4) is 0 Å². The van der Waals surface area contributed by atoms with Crippen molar-refractivity contribution in [3.63, 3.8) is 0 Å². The van der Waals surface area contributed by atoms with Gasteiger partial charge in [0.05, 0.1) is 11.5 Å². The maximum atomic E-state index is 12.2. The molecule has 1 amide bonds. The van der Waals surface area contributed by atoms with Gasteiger partial charge in [0.25, 0.3) is 5.89 Å². The average Bonchev–Trinajstić information content (AvgIpc) is 3.27. The van der Waals surface area contributed by atoms with E-state index in [1.165, 1.54) is 12.4 Å². The maximum absolute atomic E-state index is 12.2. The molecular formula is C20H25N4O5+. The number of ether oxygens (including phenoxy) is 1. The second kappa shape index (κ2) is 7.38. The molecule has 4 rings (SSSR count). The summed E-state index contributed by atoms with van der Waals surface area (Å²) in [6.45, 7) is 6.93. The molecule has 0 atom stereocenters. The van der Waals surface area contributed by atoms with Gasteiger partial charge in [-0.05, 0) is 39.5 Å². The largest absolute Gasteiger partial charge is 0.450 e. The third-order valence-electron chi connectivity index (χ3n) is 4.86. The van der Waals surface area contributed by atoms with E-state index < -0.39 is 5.60 Å². The van der Waals surface area contributed by atoms with Gasteiger partial charge in [-0.1, -0.05) is 5.16 Å². The number of pyridine rings is 1. The third kappa shape index (κ3) is 4.49. The first-order valence-electron chi connectivity index (χ1n) is 9.72. The molecule has 3 aromatic rings. The van der Waals surface area contributed by atoms with E-state index in [1.807, 2.05) is 20.8 Å². The fraction of sp³-hybridized carbons (Fsp3) is 0.500. The molecule has 3 aromatic heterocycles. The summed E-state index contributed by atoms with van der Waals surface area (Å²) in [5, 5.41) is 14.3. The molecule has 9 heteroatoms. The Kier molecular flexibility index (Phi) is 4.89. The summed E-state index contributed by atoms with van der Waals surface area (Å²) in [5.41, 5.74) is 0.142. The number of amides is 1. The number of piperidine rings is 1. The highest BCUT2D eigenvalue weighted by molar-refractivity contribution is 5.79. The molecule has 0 radical (unpaired) electrons. The number of carbonyl (C=O) groups excluding carboxylic acids is 1. The van der Waals surface area contributed by atoms with Crippen LogP contribution in [0, 0.1) is 5.92 Å². The molecule has 0 saturated carbocycles. The summed E-state index contributed by atoms with van der Waals surface area (Å²) in [7, 11) is 0. The van der Waals surface area contributed by atoms with Crippen molar-refractivity contribution < 1.29 is 28.4 Å². The van der Waals surface area contributed by atoms with Crippen LogP contribution in [0.1, 0.15) is 39.4 Å². The van der Waals surface area contributed by atoms with Crippen LogP contribution in [0.25, 0.3) is 22.6 Å². The Morgan fingerprint density at radius 3 is 2.86 bits per heavy atom. The molecule has 0 aromatic carbocycles. The van der Waals surface area contributed by atoms with Crippen LogP contribution in [-0.2, 0) is 11.2 Å². The molecule has 0 spiro atoms. The minimum atomic E-state index is -0.483. The van der Waals surface area contributed by atoms with E-state index in [-0.39, 0.29) is 6.09 Å². The van der Waals surface area contributed by atoms with Gasteiger partial charge >= 0.3 is 6.09 Å². The van der Waals surface area contributed by atoms with Crippen molar-refractivity contribution in [2.75, 3.05) is 13.1 Å². The van der Waals surface area contributed by atoms with Crippen molar-refractivity contribution in [2.45, 2.75) is 45.6 Å². The lowest BCUT2D eigenvalue weighted by Crippen LogP contribution is -2.42. The lowest BCUT2D eigenvalue weighted by atomic mass is 9.93. The molecule has 9 nitrogen and oxygen atoms in total. The normalized spacial score (nSPS) is 15.8. The number of nitrogens with zero attached hydrogens (tertiary/aromatic N) is 4. The lowest BCUT2D eigenvalue weighted by Gasteiger charge is -2.33. The van der Waals surface area contributed by atoms with E-state index >= 15 is 0 Å². The first-order valence-corrected chi connectivity index (χ1v) is 9.72. The SMILES string of the molecule is CC(C)(C)OC(=O)N1CCC(Cc2noc(-c3cc4c[n+](O)ccc4o3)n2)CC1. The van der Waals surface area contributed by atoms with Gasteiger partial charge in [0.15, 0.2) is 11.6 Å². The maximum Gasteiger partial charge on any atom is 0.410 e. The van der Waals surface area contributed by atoms with E-state index in [4.69, 9.17) is 13.7 Å². The van der Waals surface area contributed by atoms with E-state index in [0.717, 1.165) is 23.0 Å². The molecule has 29 heavy (non-hydrogen) atoms. The van der Waals surface area contributed by atoms with E-state index in [2.05, 4.69) is 10.1 Å². The Labute approximate surface area is 167 Å². The highest BCUT2D eigenvalue weighted by Crippen LogP contribution is 2.27. The third-order valence-corrected chi connectivity index (χ3v) is 4.86. The molecular weight excluding hydrogens is 376 g/mol. The summed E-state index contributed by atoms with van der Waals surface area (Å²) in [6.07, 6.45) is 5.18. The minimum Gasteiger partial charge on any atom is -0.450 e. The Bertz CT molecular complexity index is 1010. The highest BCUT2D eigenvalue weighted by Gasteiger charge is 2.28. The molecule has 1 aliphatic rings. The van der Waals surface area contributed by atoms with Crippen LogP contribution in [0.4, 0.5) is 4.79 Å². The Morgan fingerprint density at radius 2 is 2.14 bits per heavy atom. The summed E-state index contributed by atoms with van der Waals surface area (Å²) < 4.78 is 17.5. The molecule has 154 valence electrons. The van der Waals surface area contributed by atoms with Crippen molar-refractivity contribution in [3.05, 3.63) is 30.4 Å². The second-order valence-electron chi connectivity index (χ2n) is 8.39. The predicted octanol–water partition coefficient (Wildman–Crippen LogP) is 3.20. The van der Waals surface area contributed by atoms with Crippen molar-refractivity contribution in [3.8, 4) is 11.7 Å². The van der Waals surface area contributed by atoms with Gasteiger partial charge < -0.3 is 18.6 Å². The number of hydrogen-bond donors (Lipinski definition) is 1. The fourth-order valence-corrected chi connectivity index (χ4v) is 3.43. The van der Waals surface area contributed by atoms with E-state index in [0.29, 0.717) is 48.5 Å². The van der Waals surface area contributed by atoms with Crippen LogP contribution in [0.5, 0.6) is 0 Å². The number of fused-ring (bicyclic) bond motifs is 1. The van der Waals surface area contributed by atoms with E-state index in [1.54, 1.807) is 17.0 Å². The summed E-state index contributed by atoms with van der Waals surface area (Å²) in [4.78, 5) is 18.4. The number of hydrogen-bond acceptors (Lipinski definition) is 7. The minimum absolute atomic E-state index is 0.258. The highest BCUT2D eigenvalue weighted by atomic mass is 16.6. The van der Waals surface area contributed by atoms with Gasteiger partial charge in [-0.15, -0.1) is 0 Å². The first-order chi connectivity index (χ1) is 13.8. The van der Waals surface area contributed by atoms with Gasteiger partial charge in [0.2, 0.25) is 12.4 Å². The summed E-state index contributed by atoms with van der Waals surface area (Å²) in [5.74, 6) is 1.77.